The molecule has 0 aliphatic carbocycles. The van der Waals surface area contributed by atoms with Crippen molar-refractivity contribution >= 4 is 36.6 Å². The Kier molecular flexibility index (Phi) is 9.94. The van der Waals surface area contributed by atoms with E-state index in [0.29, 0.717) is 32.6 Å². The lowest BCUT2D eigenvalue weighted by atomic mass is 10.2. The third kappa shape index (κ3) is 5.98. The van der Waals surface area contributed by atoms with Crippen LogP contribution in [0.1, 0.15) is 19.3 Å². The van der Waals surface area contributed by atoms with Gasteiger partial charge >= 0.3 is 0 Å². The molecule has 0 radical (unpaired) electrons. The lowest BCUT2D eigenvalue weighted by Crippen LogP contribution is -2.51. The van der Waals surface area contributed by atoms with Gasteiger partial charge in [0.15, 0.2) is 0 Å². The third-order valence-electron chi connectivity index (χ3n) is 3.90. The maximum absolute atomic E-state index is 12.0. The summed E-state index contributed by atoms with van der Waals surface area (Å²) in [5.74, 6) is 0.368. The lowest BCUT2D eigenvalue weighted by Gasteiger charge is -2.35. The van der Waals surface area contributed by atoms with Crippen LogP contribution in [0, 0.1) is 0 Å². The minimum atomic E-state index is 0. The molecule has 0 bridgehead atoms. The second-order valence-electron chi connectivity index (χ2n) is 5.28. The monoisotopic (exact) mass is 340 g/mol. The van der Waals surface area contributed by atoms with Crippen molar-refractivity contribution in [1.82, 2.24) is 14.7 Å². The average Bonchev–Trinajstić information content (AvgIpc) is 2.94. The molecule has 2 heterocycles. The zero-order chi connectivity index (χ0) is 13.7. The fraction of sp³-hybridized carbons (Fsp3) is 0.846. The fourth-order valence-corrected chi connectivity index (χ4v) is 2.69. The molecule has 0 saturated carbocycles. The molecule has 2 saturated heterocycles. The molecular formula is C13H26Cl2N4O2. The van der Waals surface area contributed by atoms with Gasteiger partial charge in [0.05, 0.1) is 6.54 Å². The normalized spacial score (nSPS) is 18.9. The molecule has 8 heteroatoms. The minimum absolute atomic E-state index is 0. The Bertz CT molecular complexity index is 330. The first-order chi connectivity index (χ1) is 9.20. The number of nitrogens with two attached hydrogens (primary N) is 1. The highest BCUT2D eigenvalue weighted by atomic mass is 35.5. The van der Waals surface area contributed by atoms with Crippen molar-refractivity contribution in [1.29, 1.82) is 0 Å². The highest BCUT2D eigenvalue weighted by molar-refractivity contribution is 5.85. The quantitative estimate of drug-likeness (QED) is 0.778. The number of amides is 2. The Hall–Kier alpha value is -0.560. The van der Waals surface area contributed by atoms with Crippen molar-refractivity contribution in [2.24, 2.45) is 5.73 Å². The number of piperazine rings is 1. The highest BCUT2D eigenvalue weighted by Gasteiger charge is 2.24. The van der Waals surface area contributed by atoms with E-state index in [2.05, 4.69) is 4.90 Å². The van der Waals surface area contributed by atoms with E-state index in [4.69, 9.17) is 5.73 Å². The van der Waals surface area contributed by atoms with Crippen LogP contribution in [-0.2, 0) is 9.59 Å². The first-order valence-corrected chi connectivity index (χ1v) is 7.18. The smallest absolute Gasteiger partial charge is 0.236 e. The SMILES string of the molecule is Cl.Cl.NCCC(=O)N1CCN(CC(=O)N2CCCC2)CC1. The van der Waals surface area contributed by atoms with E-state index in [1.54, 1.807) is 0 Å². The van der Waals surface area contributed by atoms with Gasteiger partial charge in [-0.1, -0.05) is 0 Å². The van der Waals surface area contributed by atoms with Crippen LogP contribution in [0.25, 0.3) is 0 Å². The van der Waals surface area contributed by atoms with Crippen LogP contribution in [0.15, 0.2) is 0 Å². The van der Waals surface area contributed by atoms with E-state index in [0.717, 1.165) is 39.0 Å². The van der Waals surface area contributed by atoms with Gasteiger partial charge in [-0.25, -0.2) is 0 Å². The molecule has 0 spiro atoms. The molecule has 0 atom stereocenters. The van der Waals surface area contributed by atoms with Gasteiger partial charge in [-0.15, -0.1) is 24.8 Å². The second-order valence-corrected chi connectivity index (χ2v) is 5.28. The number of hydrogen-bond acceptors (Lipinski definition) is 4. The fourth-order valence-electron chi connectivity index (χ4n) is 2.69. The Morgan fingerprint density at radius 1 is 0.810 bits per heavy atom. The van der Waals surface area contributed by atoms with Gasteiger partial charge in [-0.2, -0.15) is 0 Å². The maximum Gasteiger partial charge on any atom is 0.236 e. The highest BCUT2D eigenvalue weighted by Crippen LogP contribution is 2.09. The minimum Gasteiger partial charge on any atom is -0.342 e. The average molecular weight is 341 g/mol. The predicted molar refractivity (Wildman–Crippen MR) is 87.0 cm³/mol. The summed E-state index contributed by atoms with van der Waals surface area (Å²) in [4.78, 5) is 29.7. The van der Waals surface area contributed by atoms with Crippen molar-refractivity contribution in [2.75, 3.05) is 52.4 Å². The Labute approximate surface area is 138 Å². The van der Waals surface area contributed by atoms with Gasteiger partial charge < -0.3 is 15.5 Å². The number of rotatable bonds is 4. The summed E-state index contributed by atoms with van der Waals surface area (Å²) >= 11 is 0. The largest absolute Gasteiger partial charge is 0.342 e. The van der Waals surface area contributed by atoms with Crippen LogP contribution in [0.4, 0.5) is 0 Å². The van der Waals surface area contributed by atoms with Gasteiger partial charge in [0.2, 0.25) is 11.8 Å². The summed E-state index contributed by atoms with van der Waals surface area (Å²) in [5.41, 5.74) is 5.39. The van der Waals surface area contributed by atoms with Gasteiger partial charge in [0.25, 0.3) is 0 Å². The van der Waals surface area contributed by atoms with E-state index >= 15 is 0 Å². The molecule has 21 heavy (non-hydrogen) atoms. The molecule has 2 N–H and O–H groups in total. The van der Waals surface area contributed by atoms with Gasteiger partial charge in [0.1, 0.15) is 0 Å². The first-order valence-electron chi connectivity index (χ1n) is 7.18. The zero-order valence-electron chi connectivity index (χ0n) is 12.3. The molecule has 2 aliphatic heterocycles. The molecule has 0 aromatic rings. The lowest BCUT2D eigenvalue weighted by molar-refractivity contribution is -0.134. The summed E-state index contributed by atoms with van der Waals surface area (Å²) < 4.78 is 0. The molecule has 124 valence electrons. The second kappa shape index (κ2) is 10.2. The summed E-state index contributed by atoms with van der Waals surface area (Å²) in [5, 5.41) is 0. The number of carbonyl (C=O) groups excluding carboxylic acids is 2. The van der Waals surface area contributed by atoms with Crippen LogP contribution in [0.5, 0.6) is 0 Å². The van der Waals surface area contributed by atoms with Gasteiger partial charge in [-0.3, -0.25) is 14.5 Å². The van der Waals surface area contributed by atoms with Gasteiger partial charge in [-0.05, 0) is 12.8 Å². The van der Waals surface area contributed by atoms with Crippen molar-refractivity contribution in [2.45, 2.75) is 19.3 Å². The molecule has 2 rings (SSSR count). The van der Waals surface area contributed by atoms with Crippen LogP contribution in [-0.4, -0.2) is 78.9 Å². The topological polar surface area (TPSA) is 69.9 Å². The van der Waals surface area contributed by atoms with Crippen molar-refractivity contribution in [3.8, 4) is 0 Å². The Morgan fingerprint density at radius 2 is 1.33 bits per heavy atom. The van der Waals surface area contributed by atoms with Crippen molar-refractivity contribution in [3.05, 3.63) is 0 Å². The molecule has 0 unspecified atom stereocenters. The molecule has 2 aliphatic rings. The molecule has 0 aromatic heterocycles. The van der Waals surface area contributed by atoms with Crippen LogP contribution in [0.2, 0.25) is 0 Å². The number of carbonyl (C=O) groups is 2. The van der Waals surface area contributed by atoms with Crippen LogP contribution in [0.3, 0.4) is 0 Å². The molecule has 2 amide bonds. The molecule has 0 aromatic carbocycles. The molecule has 6 nitrogen and oxygen atoms in total. The van der Waals surface area contributed by atoms with Gasteiger partial charge in [0, 0.05) is 52.2 Å². The zero-order valence-corrected chi connectivity index (χ0v) is 14.0. The van der Waals surface area contributed by atoms with E-state index in [1.165, 1.54) is 0 Å². The van der Waals surface area contributed by atoms with E-state index in [9.17, 15) is 9.59 Å². The third-order valence-corrected chi connectivity index (χ3v) is 3.90. The predicted octanol–water partition coefficient (Wildman–Crippen LogP) is -0.0546. The summed E-state index contributed by atoms with van der Waals surface area (Å²) in [6.45, 7) is 5.73. The maximum atomic E-state index is 12.0. The van der Waals surface area contributed by atoms with Crippen LogP contribution >= 0.6 is 24.8 Å². The van der Waals surface area contributed by atoms with E-state index < -0.39 is 0 Å². The molecule has 2 fully saturated rings. The van der Waals surface area contributed by atoms with Crippen LogP contribution < -0.4 is 5.73 Å². The van der Waals surface area contributed by atoms with Crippen molar-refractivity contribution < 1.29 is 9.59 Å². The van der Waals surface area contributed by atoms with Crippen molar-refractivity contribution in [3.63, 3.8) is 0 Å². The van der Waals surface area contributed by atoms with E-state index in [1.807, 2.05) is 9.80 Å². The summed E-state index contributed by atoms with van der Waals surface area (Å²) in [6.07, 6.45) is 2.69. The number of nitrogens with zero attached hydrogens (tertiary/aromatic N) is 3. The number of likely N-dealkylation sites (tertiary alicyclic amines) is 1. The Balaban J connectivity index is 0.00000200. The summed E-state index contributed by atoms with van der Waals surface area (Å²) in [7, 11) is 0. The van der Waals surface area contributed by atoms with E-state index in [-0.39, 0.29) is 36.6 Å². The first kappa shape index (κ1) is 20.4. The number of hydrogen-bond donors (Lipinski definition) is 1. The Morgan fingerprint density at radius 3 is 1.86 bits per heavy atom. The standard InChI is InChI=1S/C13H24N4O2.2ClH/c14-4-3-12(18)17-9-7-15(8-10-17)11-13(19)16-5-1-2-6-16;;/h1-11,14H2;2*1H. The molecular weight excluding hydrogens is 315 g/mol. The summed E-state index contributed by atoms with van der Waals surface area (Å²) in [6, 6.07) is 0. The number of halogens is 2.